The predicted octanol–water partition coefficient (Wildman–Crippen LogP) is 2.23. The zero-order chi connectivity index (χ0) is 10.6. The first kappa shape index (κ1) is 14.1. The van der Waals surface area contributed by atoms with Crippen LogP contribution in [0.4, 0.5) is 10.6 Å². The molecule has 0 aliphatic rings. The molecule has 15 heavy (non-hydrogen) atoms. The van der Waals surface area contributed by atoms with Crippen molar-refractivity contribution in [3.05, 3.63) is 24.4 Å². The maximum Gasteiger partial charge on any atom is 0.402 e. The zero-order valence-corrected chi connectivity index (χ0v) is 11.8. The van der Waals surface area contributed by atoms with E-state index in [-0.39, 0.29) is 21.1 Å². The third kappa shape index (κ3) is 6.23. The van der Waals surface area contributed by atoms with Crippen LogP contribution in [0.3, 0.4) is 0 Å². The molecule has 0 radical (unpaired) electrons. The topological polar surface area (TPSA) is 51.2 Å². The van der Waals surface area contributed by atoms with Crippen molar-refractivity contribution in [2.24, 2.45) is 0 Å². The van der Waals surface area contributed by atoms with Crippen LogP contribution in [0, 0.1) is 6.07 Å². The summed E-state index contributed by atoms with van der Waals surface area (Å²) in [5, 5.41) is 2.49. The molecule has 1 aromatic rings. The molecule has 0 fully saturated rings. The number of ether oxygens (including phenoxy) is 1. The fourth-order valence-electron chi connectivity index (χ4n) is 0.801. The molecule has 0 unspecified atom stereocenters. The Bertz CT molecular complexity index is 309. The first-order chi connectivity index (χ1) is 6.47. The molecule has 0 spiro atoms. The number of carbonyl (C=O) groups is 1. The van der Waals surface area contributed by atoms with Crippen molar-refractivity contribution in [1.29, 1.82) is 0 Å². The monoisotopic (exact) mass is 377 g/mol. The SMILES string of the molecule is CC(C)(C)OC(=O)Nc1c[c-]ccn1.[W]. The third-order valence-corrected chi connectivity index (χ3v) is 1.23. The molecule has 0 aliphatic heterocycles. The van der Waals surface area contributed by atoms with E-state index in [9.17, 15) is 4.79 Å². The van der Waals surface area contributed by atoms with Gasteiger partial charge < -0.3 is 15.0 Å². The van der Waals surface area contributed by atoms with E-state index in [1.54, 1.807) is 39.1 Å². The molecule has 1 heterocycles. The van der Waals surface area contributed by atoms with E-state index < -0.39 is 11.7 Å². The molecule has 0 saturated heterocycles. The van der Waals surface area contributed by atoms with Crippen molar-refractivity contribution in [2.45, 2.75) is 26.4 Å². The molecule has 1 amide bonds. The first-order valence-corrected chi connectivity index (χ1v) is 4.29. The van der Waals surface area contributed by atoms with Gasteiger partial charge in [-0.2, -0.15) is 12.1 Å². The molecular formula is C10H13N2O2W-. The van der Waals surface area contributed by atoms with Crippen molar-refractivity contribution in [3.8, 4) is 0 Å². The molecule has 5 heteroatoms. The number of amides is 1. The summed E-state index contributed by atoms with van der Waals surface area (Å²) in [6.45, 7) is 5.41. The van der Waals surface area contributed by atoms with Gasteiger partial charge in [0.2, 0.25) is 0 Å². The minimum Gasteiger partial charge on any atom is -0.444 e. The van der Waals surface area contributed by atoms with E-state index in [0.29, 0.717) is 5.82 Å². The molecule has 82 valence electrons. The summed E-state index contributed by atoms with van der Waals surface area (Å²) in [7, 11) is 0. The Labute approximate surface area is 104 Å². The summed E-state index contributed by atoms with van der Waals surface area (Å²) in [4.78, 5) is 15.1. The number of carbonyl (C=O) groups excluding carboxylic acids is 1. The molecule has 1 aromatic heterocycles. The predicted molar refractivity (Wildman–Crippen MR) is 52.9 cm³/mol. The maximum absolute atomic E-state index is 11.2. The quantitative estimate of drug-likeness (QED) is 0.764. The van der Waals surface area contributed by atoms with Crippen LogP contribution in [-0.4, -0.2) is 16.7 Å². The van der Waals surface area contributed by atoms with E-state index in [1.165, 1.54) is 0 Å². The minimum atomic E-state index is -0.510. The zero-order valence-electron chi connectivity index (χ0n) is 8.90. The van der Waals surface area contributed by atoms with Gasteiger partial charge in [0.05, 0.1) is 0 Å². The fourth-order valence-corrected chi connectivity index (χ4v) is 0.801. The molecule has 1 rings (SSSR count). The van der Waals surface area contributed by atoms with Crippen molar-refractivity contribution in [2.75, 3.05) is 5.32 Å². The van der Waals surface area contributed by atoms with Crippen LogP contribution in [0.25, 0.3) is 0 Å². The number of hydrogen-bond acceptors (Lipinski definition) is 3. The van der Waals surface area contributed by atoms with Gasteiger partial charge in [-0.3, -0.25) is 0 Å². The summed E-state index contributed by atoms with van der Waals surface area (Å²) in [6, 6.07) is 6.02. The molecule has 0 atom stereocenters. The van der Waals surface area contributed by atoms with E-state index in [1.807, 2.05) is 0 Å². The molecule has 0 aliphatic carbocycles. The Morgan fingerprint density at radius 1 is 1.53 bits per heavy atom. The minimum absolute atomic E-state index is 0. The number of nitrogens with zero attached hydrogens (tertiary/aromatic N) is 1. The van der Waals surface area contributed by atoms with Crippen molar-refractivity contribution in [3.63, 3.8) is 0 Å². The maximum atomic E-state index is 11.2. The summed E-state index contributed by atoms with van der Waals surface area (Å²) >= 11 is 0. The molecule has 4 nitrogen and oxygen atoms in total. The van der Waals surface area contributed by atoms with Crippen molar-refractivity contribution < 1.29 is 30.6 Å². The number of hydrogen-bond donors (Lipinski definition) is 1. The van der Waals surface area contributed by atoms with Gasteiger partial charge in [0, 0.05) is 26.9 Å². The smallest absolute Gasteiger partial charge is 0.402 e. The molecule has 0 aromatic carbocycles. The normalized spacial score (nSPS) is 10.1. The van der Waals surface area contributed by atoms with E-state index in [4.69, 9.17) is 4.74 Å². The number of nitrogens with one attached hydrogen (secondary N) is 1. The van der Waals surface area contributed by atoms with Crippen LogP contribution in [0.1, 0.15) is 20.8 Å². The standard InChI is InChI=1S/C10H13N2O2.W/c1-10(2,3)14-9(13)12-8-6-4-5-7-11-8;/h5-7H,1-3H3,(H,11,12,13);/q-1;. The van der Waals surface area contributed by atoms with Crippen LogP contribution in [-0.2, 0) is 25.8 Å². The number of pyridine rings is 1. The average molecular weight is 377 g/mol. The van der Waals surface area contributed by atoms with Crippen LogP contribution in [0.15, 0.2) is 18.3 Å². The second-order valence-electron chi connectivity index (χ2n) is 3.77. The van der Waals surface area contributed by atoms with Crippen molar-refractivity contribution in [1.82, 2.24) is 4.98 Å². The van der Waals surface area contributed by atoms with E-state index in [2.05, 4.69) is 16.4 Å². The van der Waals surface area contributed by atoms with Gasteiger partial charge in [0.1, 0.15) is 5.60 Å². The van der Waals surface area contributed by atoms with Crippen LogP contribution < -0.4 is 5.32 Å². The average Bonchev–Trinajstić information content (AvgIpc) is 2.02. The van der Waals surface area contributed by atoms with Crippen LogP contribution in [0.2, 0.25) is 0 Å². The number of aromatic nitrogens is 1. The van der Waals surface area contributed by atoms with E-state index in [0.717, 1.165) is 0 Å². The van der Waals surface area contributed by atoms with Crippen molar-refractivity contribution >= 4 is 11.9 Å². The Morgan fingerprint density at radius 2 is 2.20 bits per heavy atom. The largest absolute Gasteiger partial charge is 0.444 e. The Morgan fingerprint density at radius 3 is 2.67 bits per heavy atom. The number of rotatable bonds is 1. The first-order valence-electron chi connectivity index (χ1n) is 4.29. The molecular weight excluding hydrogens is 364 g/mol. The Kier molecular flexibility index (Phi) is 5.51. The van der Waals surface area contributed by atoms with Crippen LogP contribution >= 0.6 is 0 Å². The third-order valence-electron chi connectivity index (χ3n) is 1.23. The summed E-state index contributed by atoms with van der Waals surface area (Å²) in [5.41, 5.74) is -0.497. The number of anilines is 1. The van der Waals surface area contributed by atoms with Gasteiger partial charge in [-0.05, 0) is 20.8 Å². The van der Waals surface area contributed by atoms with Gasteiger partial charge in [-0.1, -0.05) is 6.20 Å². The van der Waals surface area contributed by atoms with Gasteiger partial charge in [0.15, 0.2) is 0 Å². The molecule has 1 N–H and O–H groups in total. The van der Waals surface area contributed by atoms with E-state index >= 15 is 0 Å². The molecule has 0 saturated carbocycles. The summed E-state index contributed by atoms with van der Waals surface area (Å²) in [6.07, 6.45) is 1.04. The second-order valence-corrected chi connectivity index (χ2v) is 3.77. The Balaban J connectivity index is 0.00000196. The van der Waals surface area contributed by atoms with Gasteiger partial charge >= 0.3 is 6.09 Å². The van der Waals surface area contributed by atoms with Crippen LogP contribution in [0.5, 0.6) is 0 Å². The molecule has 0 bridgehead atoms. The van der Waals surface area contributed by atoms with Gasteiger partial charge in [-0.15, -0.1) is 6.07 Å². The van der Waals surface area contributed by atoms with Gasteiger partial charge in [-0.25, -0.2) is 4.79 Å². The van der Waals surface area contributed by atoms with Gasteiger partial charge in [0.25, 0.3) is 0 Å². The Hall–Kier alpha value is -0.892. The second kappa shape index (κ2) is 5.86. The summed E-state index contributed by atoms with van der Waals surface area (Å²) < 4.78 is 5.04. The fraction of sp³-hybridized carbons (Fsp3) is 0.400. The summed E-state index contributed by atoms with van der Waals surface area (Å²) in [5.74, 6) is 0.432.